The molecule has 0 aromatic heterocycles. The Balaban J connectivity index is 4.33. The predicted molar refractivity (Wildman–Crippen MR) is 102 cm³/mol. The molecule has 0 aromatic carbocycles. The second kappa shape index (κ2) is 11.2. The maximum atomic E-state index is 2.45. The molecule has 122 valence electrons. The van der Waals surface area contributed by atoms with Crippen LogP contribution in [0.4, 0.5) is 0 Å². The quantitative estimate of drug-likeness (QED) is 0.299. The lowest BCUT2D eigenvalue weighted by molar-refractivity contribution is 0.410. The molecule has 0 aliphatic heterocycles. The van der Waals surface area contributed by atoms with Crippen LogP contribution in [-0.4, -0.2) is 5.75 Å². The van der Waals surface area contributed by atoms with Crippen molar-refractivity contribution in [3.05, 3.63) is 34.8 Å². The van der Waals surface area contributed by atoms with E-state index in [0.717, 1.165) is 18.1 Å². The van der Waals surface area contributed by atoms with Crippen LogP contribution >= 0.6 is 11.8 Å². The largest absolute Gasteiger partial charge is 0.130 e. The molecule has 0 saturated heterocycles. The summed E-state index contributed by atoms with van der Waals surface area (Å²) in [6, 6.07) is 0. The van der Waals surface area contributed by atoms with Gasteiger partial charge in [0.05, 0.1) is 0 Å². The predicted octanol–water partition coefficient (Wildman–Crippen LogP) is 7.39. The maximum Gasteiger partial charge on any atom is 0.0157 e. The Morgan fingerprint density at radius 2 is 1.81 bits per heavy atom. The Bertz CT molecular complexity index is 358. The molecule has 1 unspecified atom stereocenters. The van der Waals surface area contributed by atoms with E-state index in [2.05, 4.69) is 72.1 Å². The van der Waals surface area contributed by atoms with Crippen LogP contribution in [0.3, 0.4) is 0 Å². The summed E-state index contributed by atoms with van der Waals surface area (Å²) in [6.07, 6.45) is 11.9. The fourth-order valence-electron chi connectivity index (χ4n) is 2.05. The fraction of sp³-hybridized carbons (Fsp3) is 0.700. The van der Waals surface area contributed by atoms with Gasteiger partial charge in [-0.3, -0.25) is 0 Å². The Labute approximate surface area is 138 Å². The van der Waals surface area contributed by atoms with Gasteiger partial charge in [0.2, 0.25) is 0 Å². The molecule has 0 bridgehead atoms. The molecule has 0 aliphatic rings. The summed E-state index contributed by atoms with van der Waals surface area (Å²) >= 11 is 1.89. The highest BCUT2D eigenvalue weighted by Crippen LogP contribution is 2.32. The number of hydrogen-bond donors (Lipinski definition) is 0. The minimum absolute atomic E-state index is 0.307. The highest BCUT2D eigenvalue weighted by Gasteiger charge is 2.18. The van der Waals surface area contributed by atoms with Crippen LogP contribution in [0, 0.1) is 11.3 Å². The minimum Gasteiger partial charge on any atom is -0.130 e. The summed E-state index contributed by atoms with van der Waals surface area (Å²) in [5, 5.41) is 2.22. The van der Waals surface area contributed by atoms with Crippen molar-refractivity contribution in [1.82, 2.24) is 0 Å². The standard InChI is InChI=1S/C20H36S/c1-8-10-15-21-16-13-19(5)20(6,7)14-11-12-18(4)17(3)9-2/h10,12-13,15,17H,8-9,11,14,16H2,1-7H3. The van der Waals surface area contributed by atoms with Gasteiger partial charge in [-0.05, 0) is 56.3 Å². The van der Waals surface area contributed by atoms with Crippen LogP contribution in [0.1, 0.15) is 74.1 Å². The normalized spacial score (nSPS) is 15.8. The summed E-state index contributed by atoms with van der Waals surface area (Å²) in [6.45, 7) is 16.1. The lowest BCUT2D eigenvalue weighted by Gasteiger charge is -2.26. The Morgan fingerprint density at radius 3 is 2.38 bits per heavy atom. The topological polar surface area (TPSA) is 0 Å². The highest BCUT2D eigenvalue weighted by atomic mass is 32.2. The molecule has 0 fully saturated rings. The fourth-order valence-corrected chi connectivity index (χ4v) is 2.84. The van der Waals surface area contributed by atoms with Crippen LogP contribution in [0.5, 0.6) is 0 Å². The molecule has 0 aromatic rings. The van der Waals surface area contributed by atoms with E-state index >= 15 is 0 Å². The van der Waals surface area contributed by atoms with Gasteiger partial charge in [-0.2, -0.15) is 0 Å². The van der Waals surface area contributed by atoms with E-state index in [1.807, 2.05) is 11.8 Å². The van der Waals surface area contributed by atoms with E-state index in [1.165, 1.54) is 24.8 Å². The van der Waals surface area contributed by atoms with E-state index < -0.39 is 0 Å². The lowest BCUT2D eigenvalue weighted by atomic mass is 9.80. The average molecular weight is 309 g/mol. The third-order valence-electron chi connectivity index (χ3n) is 4.61. The molecule has 21 heavy (non-hydrogen) atoms. The Morgan fingerprint density at radius 1 is 1.14 bits per heavy atom. The first-order valence-corrected chi connectivity index (χ1v) is 9.50. The van der Waals surface area contributed by atoms with E-state index in [0.29, 0.717) is 5.41 Å². The summed E-state index contributed by atoms with van der Waals surface area (Å²) < 4.78 is 0. The second-order valence-electron chi connectivity index (χ2n) is 6.68. The lowest BCUT2D eigenvalue weighted by Crippen LogP contribution is -2.13. The molecule has 0 rings (SSSR count). The molecule has 0 N–H and O–H groups in total. The Hall–Kier alpha value is -0.430. The average Bonchev–Trinajstić information content (AvgIpc) is 2.45. The molecule has 0 radical (unpaired) electrons. The number of rotatable bonds is 10. The van der Waals surface area contributed by atoms with E-state index in [1.54, 1.807) is 5.57 Å². The molecular formula is C20H36S. The van der Waals surface area contributed by atoms with Gasteiger partial charge in [0.25, 0.3) is 0 Å². The van der Waals surface area contributed by atoms with Gasteiger partial charge in [0.15, 0.2) is 0 Å². The van der Waals surface area contributed by atoms with Crippen LogP contribution in [0.2, 0.25) is 0 Å². The van der Waals surface area contributed by atoms with E-state index in [9.17, 15) is 0 Å². The highest BCUT2D eigenvalue weighted by molar-refractivity contribution is 8.02. The molecular weight excluding hydrogens is 272 g/mol. The monoisotopic (exact) mass is 308 g/mol. The Kier molecular flexibility index (Phi) is 11.0. The zero-order valence-electron chi connectivity index (χ0n) is 15.3. The van der Waals surface area contributed by atoms with Crippen LogP contribution < -0.4 is 0 Å². The van der Waals surface area contributed by atoms with Crippen LogP contribution in [-0.2, 0) is 0 Å². The van der Waals surface area contributed by atoms with Crippen molar-refractivity contribution < 1.29 is 0 Å². The summed E-state index contributed by atoms with van der Waals surface area (Å²) in [5.74, 6) is 1.82. The van der Waals surface area contributed by atoms with Gasteiger partial charge in [0, 0.05) is 5.75 Å². The minimum atomic E-state index is 0.307. The van der Waals surface area contributed by atoms with Gasteiger partial charge < -0.3 is 0 Å². The molecule has 1 atom stereocenters. The van der Waals surface area contributed by atoms with Crippen LogP contribution in [0.15, 0.2) is 34.8 Å². The third kappa shape index (κ3) is 9.24. The van der Waals surface area contributed by atoms with E-state index in [-0.39, 0.29) is 0 Å². The molecule has 0 heterocycles. The van der Waals surface area contributed by atoms with Gasteiger partial charge in [-0.15, -0.1) is 11.8 Å². The molecule has 1 heteroatoms. The first kappa shape index (κ1) is 20.6. The van der Waals surface area contributed by atoms with Gasteiger partial charge >= 0.3 is 0 Å². The van der Waals surface area contributed by atoms with Crippen molar-refractivity contribution >= 4 is 11.8 Å². The summed E-state index contributed by atoms with van der Waals surface area (Å²) in [5.41, 5.74) is 3.38. The van der Waals surface area contributed by atoms with Crippen LogP contribution in [0.25, 0.3) is 0 Å². The SMILES string of the molecule is CCC=CSCC=C(C)C(C)(C)CCC=C(C)C(C)CC. The summed E-state index contributed by atoms with van der Waals surface area (Å²) in [7, 11) is 0. The number of allylic oxidation sites excluding steroid dienone is 4. The maximum absolute atomic E-state index is 2.45. The van der Waals surface area contributed by atoms with Crippen molar-refractivity contribution in [2.45, 2.75) is 74.1 Å². The second-order valence-corrected chi connectivity index (χ2v) is 7.62. The van der Waals surface area contributed by atoms with Crippen molar-refractivity contribution in [3.63, 3.8) is 0 Å². The molecule has 0 aliphatic carbocycles. The molecule has 0 amide bonds. The summed E-state index contributed by atoms with van der Waals surface area (Å²) in [4.78, 5) is 0. The first-order chi connectivity index (χ1) is 9.85. The molecule has 0 nitrogen and oxygen atoms in total. The van der Waals surface area contributed by atoms with Crippen molar-refractivity contribution in [1.29, 1.82) is 0 Å². The van der Waals surface area contributed by atoms with Gasteiger partial charge in [0.1, 0.15) is 0 Å². The number of hydrogen-bond acceptors (Lipinski definition) is 1. The number of thioether (sulfide) groups is 1. The smallest absolute Gasteiger partial charge is 0.0157 e. The zero-order valence-corrected chi connectivity index (χ0v) is 16.1. The zero-order chi connectivity index (χ0) is 16.3. The van der Waals surface area contributed by atoms with Crippen molar-refractivity contribution in [2.24, 2.45) is 11.3 Å². The van der Waals surface area contributed by atoms with E-state index in [4.69, 9.17) is 0 Å². The van der Waals surface area contributed by atoms with Crippen molar-refractivity contribution in [3.8, 4) is 0 Å². The molecule has 0 spiro atoms. The third-order valence-corrected chi connectivity index (χ3v) is 5.35. The van der Waals surface area contributed by atoms with Gasteiger partial charge in [-0.1, -0.05) is 64.0 Å². The van der Waals surface area contributed by atoms with Crippen molar-refractivity contribution in [2.75, 3.05) is 5.75 Å². The first-order valence-electron chi connectivity index (χ1n) is 8.45. The molecule has 0 saturated carbocycles. The van der Waals surface area contributed by atoms with Gasteiger partial charge in [-0.25, -0.2) is 0 Å².